The molecular formula is C20H33N3O3Si. The number of benzene rings is 1. The van der Waals surface area contributed by atoms with Gasteiger partial charge in [0.1, 0.15) is 0 Å². The quantitative estimate of drug-likeness (QED) is 0.457. The van der Waals surface area contributed by atoms with Crippen LogP contribution in [0.3, 0.4) is 0 Å². The Morgan fingerprint density at radius 1 is 0.889 bits per heavy atom. The van der Waals surface area contributed by atoms with Crippen LogP contribution in [-0.4, -0.2) is 43.6 Å². The maximum absolute atomic E-state index is 5.90. The zero-order valence-electron chi connectivity index (χ0n) is 16.9. The fourth-order valence-corrected chi connectivity index (χ4v) is 5.75. The molecule has 0 amide bonds. The molecule has 0 saturated heterocycles. The first-order valence-corrected chi connectivity index (χ1v) is 12.0. The summed E-state index contributed by atoms with van der Waals surface area (Å²) in [5.41, 5.74) is 2.38. The minimum atomic E-state index is -2.56. The molecule has 6 nitrogen and oxygen atoms in total. The molecule has 0 spiro atoms. The third-order valence-corrected chi connectivity index (χ3v) is 7.44. The molecule has 1 aromatic heterocycles. The second-order valence-corrected chi connectivity index (χ2v) is 9.13. The molecule has 2 rings (SSSR count). The van der Waals surface area contributed by atoms with Gasteiger partial charge in [0.15, 0.2) is 0 Å². The summed E-state index contributed by atoms with van der Waals surface area (Å²) in [4.78, 5) is 0. The van der Waals surface area contributed by atoms with Gasteiger partial charge in [-0.05, 0) is 52.0 Å². The fourth-order valence-electron chi connectivity index (χ4n) is 3.14. The van der Waals surface area contributed by atoms with Crippen LogP contribution >= 0.6 is 0 Å². The van der Waals surface area contributed by atoms with Gasteiger partial charge in [0.25, 0.3) is 0 Å². The number of aryl methyl sites for hydroxylation is 3. The molecule has 0 aliphatic heterocycles. The summed E-state index contributed by atoms with van der Waals surface area (Å²) in [5.74, 6) is 0. The summed E-state index contributed by atoms with van der Waals surface area (Å²) in [6.07, 6.45) is 5.95. The summed E-state index contributed by atoms with van der Waals surface area (Å²) in [7, 11) is -2.56. The minimum absolute atomic E-state index is 0.615. The summed E-state index contributed by atoms with van der Waals surface area (Å²) < 4.78 is 19.6. The van der Waals surface area contributed by atoms with Gasteiger partial charge in [0.05, 0.1) is 5.69 Å². The second-order valence-electron chi connectivity index (χ2n) is 6.40. The second kappa shape index (κ2) is 12.0. The van der Waals surface area contributed by atoms with Crippen molar-refractivity contribution < 1.29 is 13.3 Å². The third kappa shape index (κ3) is 7.54. The van der Waals surface area contributed by atoms with Gasteiger partial charge in [-0.3, -0.25) is 4.68 Å². The topological polar surface area (TPSA) is 58.4 Å². The molecule has 0 aliphatic rings. The number of hydrogen-bond acceptors (Lipinski definition) is 5. The Kier molecular flexibility index (Phi) is 9.69. The predicted octanol–water partition coefficient (Wildman–Crippen LogP) is 3.89. The zero-order chi connectivity index (χ0) is 19.4. The van der Waals surface area contributed by atoms with Gasteiger partial charge < -0.3 is 13.3 Å². The van der Waals surface area contributed by atoms with Crippen LogP contribution in [0.25, 0.3) is 0 Å². The van der Waals surface area contributed by atoms with Crippen LogP contribution in [-0.2, 0) is 32.7 Å². The monoisotopic (exact) mass is 391 g/mol. The molecule has 1 aromatic carbocycles. The first-order valence-electron chi connectivity index (χ1n) is 10.1. The van der Waals surface area contributed by atoms with E-state index in [0.29, 0.717) is 19.8 Å². The Hall–Kier alpha value is -1.54. The molecule has 150 valence electrons. The van der Waals surface area contributed by atoms with Crippen molar-refractivity contribution in [1.82, 2.24) is 15.0 Å². The van der Waals surface area contributed by atoms with E-state index in [2.05, 4.69) is 40.8 Å². The molecule has 0 saturated carbocycles. The van der Waals surface area contributed by atoms with Crippen LogP contribution in [0.5, 0.6) is 0 Å². The first-order chi connectivity index (χ1) is 13.2. The van der Waals surface area contributed by atoms with Crippen molar-refractivity contribution in [3.8, 4) is 0 Å². The number of rotatable bonds is 14. The lowest BCUT2D eigenvalue weighted by Crippen LogP contribution is -2.46. The number of aromatic nitrogens is 3. The average molecular weight is 392 g/mol. The van der Waals surface area contributed by atoms with Crippen molar-refractivity contribution in [1.29, 1.82) is 0 Å². The number of hydrogen-bond donors (Lipinski definition) is 0. The van der Waals surface area contributed by atoms with Crippen molar-refractivity contribution in [2.75, 3.05) is 19.8 Å². The van der Waals surface area contributed by atoms with Gasteiger partial charge in [0.2, 0.25) is 0 Å². The molecule has 0 aliphatic carbocycles. The zero-order valence-corrected chi connectivity index (χ0v) is 17.9. The van der Waals surface area contributed by atoms with E-state index in [1.807, 2.05) is 31.5 Å². The van der Waals surface area contributed by atoms with Gasteiger partial charge in [0, 0.05) is 38.6 Å². The van der Waals surface area contributed by atoms with Crippen LogP contribution in [0.4, 0.5) is 0 Å². The average Bonchev–Trinajstić information content (AvgIpc) is 3.11. The molecule has 0 atom stereocenters. The van der Waals surface area contributed by atoms with Crippen molar-refractivity contribution in [2.45, 2.75) is 59.0 Å². The van der Waals surface area contributed by atoms with Gasteiger partial charge in [-0.15, -0.1) is 5.10 Å². The maximum atomic E-state index is 5.90. The largest absolute Gasteiger partial charge is 0.500 e. The van der Waals surface area contributed by atoms with E-state index in [-0.39, 0.29) is 0 Å². The highest BCUT2D eigenvalue weighted by atomic mass is 28.4. The van der Waals surface area contributed by atoms with E-state index in [1.165, 1.54) is 5.56 Å². The van der Waals surface area contributed by atoms with Crippen molar-refractivity contribution in [3.05, 3.63) is 47.8 Å². The van der Waals surface area contributed by atoms with Crippen molar-refractivity contribution in [2.24, 2.45) is 0 Å². The summed E-state index contributed by atoms with van der Waals surface area (Å²) in [6, 6.07) is 11.4. The molecule has 0 radical (unpaired) electrons. The Balaban J connectivity index is 1.77. The smallest absolute Gasteiger partial charge is 0.374 e. The third-order valence-electron chi connectivity index (χ3n) is 4.29. The van der Waals surface area contributed by atoms with E-state index in [0.717, 1.165) is 44.0 Å². The first kappa shape index (κ1) is 21.8. The van der Waals surface area contributed by atoms with Crippen LogP contribution in [0.2, 0.25) is 6.04 Å². The van der Waals surface area contributed by atoms with Crippen molar-refractivity contribution in [3.63, 3.8) is 0 Å². The van der Waals surface area contributed by atoms with Gasteiger partial charge >= 0.3 is 8.80 Å². The molecule has 0 N–H and O–H groups in total. The van der Waals surface area contributed by atoms with Gasteiger partial charge in [-0.25, -0.2) is 0 Å². The SMILES string of the molecule is CCO[Si](CCCc1cn(CCCc2ccccc2)nn1)(OCC)OCC. The highest BCUT2D eigenvalue weighted by molar-refractivity contribution is 6.60. The van der Waals surface area contributed by atoms with Crippen LogP contribution < -0.4 is 0 Å². The molecule has 0 bridgehead atoms. The maximum Gasteiger partial charge on any atom is 0.500 e. The minimum Gasteiger partial charge on any atom is -0.374 e. The highest BCUT2D eigenvalue weighted by Gasteiger charge is 2.39. The summed E-state index contributed by atoms with van der Waals surface area (Å²) in [5, 5.41) is 8.56. The molecule has 1 heterocycles. The Morgan fingerprint density at radius 2 is 1.56 bits per heavy atom. The standard InChI is InChI=1S/C20H33N3O3Si/c1-4-24-27(25-5-2,26-6-3)17-11-15-20-18-23(22-21-20)16-10-14-19-12-8-7-9-13-19/h7-9,12-13,18H,4-6,10-11,14-17H2,1-3H3. The fraction of sp³-hybridized carbons (Fsp3) is 0.600. The van der Waals surface area contributed by atoms with Gasteiger partial charge in [-0.1, -0.05) is 35.5 Å². The predicted molar refractivity (Wildman–Crippen MR) is 109 cm³/mol. The Morgan fingerprint density at radius 3 is 2.19 bits per heavy atom. The summed E-state index contributed by atoms with van der Waals surface area (Å²) >= 11 is 0. The Bertz CT molecular complexity index is 619. The van der Waals surface area contributed by atoms with Crippen LogP contribution in [0.1, 0.15) is 44.9 Å². The molecule has 27 heavy (non-hydrogen) atoms. The molecule has 0 unspecified atom stereocenters. The lowest BCUT2D eigenvalue weighted by molar-refractivity contribution is 0.0708. The molecule has 2 aromatic rings. The van der Waals surface area contributed by atoms with E-state index in [1.54, 1.807) is 0 Å². The van der Waals surface area contributed by atoms with E-state index < -0.39 is 8.80 Å². The van der Waals surface area contributed by atoms with Crippen LogP contribution in [0, 0.1) is 0 Å². The van der Waals surface area contributed by atoms with Gasteiger partial charge in [-0.2, -0.15) is 0 Å². The lowest BCUT2D eigenvalue weighted by Gasteiger charge is -2.28. The molecular weight excluding hydrogens is 358 g/mol. The normalized spacial score (nSPS) is 11.8. The van der Waals surface area contributed by atoms with E-state index >= 15 is 0 Å². The van der Waals surface area contributed by atoms with Crippen LogP contribution in [0.15, 0.2) is 36.5 Å². The molecule has 0 fully saturated rings. The number of nitrogens with zero attached hydrogens (tertiary/aromatic N) is 3. The summed E-state index contributed by atoms with van der Waals surface area (Å²) in [6.45, 7) is 8.69. The molecule has 7 heteroatoms. The van der Waals surface area contributed by atoms with E-state index in [9.17, 15) is 0 Å². The van der Waals surface area contributed by atoms with Crippen molar-refractivity contribution >= 4 is 8.80 Å². The highest BCUT2D eigenvalue weighted by Crippen LogP contribution is 2.19. The Labute approximate surface area is 164 Å². The van der Waals surface area contributed by atoms with E-state index in [4.69, 9.17) is 13.3 Å². The lowest BCUT2D eigenvalue weighted by atomic mass is 10.1.